The van der Waals surface area contributed by atoms with Crippen molar-refractivity contribution >= 4 is 38.9 Å². The molecule has 0 aliphatic rings. The van der Waals surface area contributed by atoms with Crippen LogP contribution in [-0.4, -0.2) is 26.6 Å². The quantitative estimate of drug-likeness (QED) is 0.744. The Morgan fingerprint density at radius 1 is 1.11 bits per heavy atom. The summed E-state index contributed by atoms with van der Waals surface area (Å²) in [5.74, 6) is -0.393. The highest BCUT2D eigenvalue weighted by Crippen LogP contribution is 2.26. The Morgan fingerprint density at radius 2 is 1.67 bits per heavy atom. The molecule has 0 saturated carbocycles. The van der Waals surface area contributed by atoms with Crippen LogP contribution in [0.25, 0.3) is 0 Å². The van der Waals surface area contributed by atoms with E-state index in [0.717, 1.165) is 40.2 Å². The lowest BCUT2D eigenvalue weighted by atomic mass is 10.0. The summed E-state index contributed by atoms with van der Waals surface area (Å²) in [7, 11) is -3.69. The van der Waals surface area contributed by atoms with Gasteiger partial charge in [0.25, 0.3) is 0 Å². The molecule has 1 unspecified atom stereocenters. The van der Waals surface area contributed by atoms with E-state index in [-0.39, 0.29) is 0 Å². The number of anilines is 2. The van der Waals surface area contributed by atoms with E-state index >= 15 is 0 Å². The Balaban J connectivity index is 2.40. The van der Waals surface area contributed by atoms with Crippen LogP contribution in [0, 0.1) is 0 Å². The van der Waals surface area contributed by atoms with Crippen molar-refractivity contribution in [2.45, 2.75) is 39.7 Å². The van der Waals surface area contributed by atoms with Gasteiger partial charge in [-0.2, -0.15) is 0 Å². The lowest BCUT2D eigenvalue weighted by Crippen LogP contribution is -2.45. The van der Waals surface area contributed by atoms with E-state index < -0.39 is 22.0 Å². The first-order chi connectivity index (χ1) is 12.7. The fourth-order valence-corrected chi connectivity index (χ4v) is 4.40. The zero-order valence-corrected chi connectivity index (χ0v) is 17.6. The van der Waals surface area contributed by atoms with Gasteiger partial charge in [-0.05, 0) is 49.1 Å². The number of rotatable bonds is 7. The van der Waals surface area contributed by atoms with E-state index in [0.29, 0.717) is 10.7 Å². The third-order valence-electron chi connectivity index (χ3n) is 4.40. The lowest BCUT2D eigenvalue weighted by molar-refractivity contribution is -0.116. The molecule has 0 bridgehead atoms. The number of sulfonamides is 1. The van der Waals surface area contributed by atoms with Crippen LogP contribution < -0.4 is 9.62 Å². The standard InChI is InChI=1S/C20H25ClN2O3S/c1-5-15-9-7-10-16(6-2)19(15)22-20(24)14(3)23(27(4,25)26)18-12-8-11-17(21)13-18/h7-14H,5-6H2,1-4H3,(H,22,24). The van der Waals surface area contributed by atoms with Crippen molar-refractivity contribution in [2.24, 2.45) is 0 Å². The van der Waals surface area contributed by atoms with Gasteiger partial charge in [0.15, 0.2) is 0 Å². The molecule has 1 N–H and O–H groups in total. The number of hydrogen-bond donors (Lipinski definition) is 1. The molecule has 1 atom stereocenters. The Morgan fingerprint density at radius 3 is 2.15 bits per heavy atom. The van der Waals surface area contributed by atoms with Crippen molar-refractivity contribution in [3.8, 4) is 0 Å². The maximum absolute atomic E-state index is 12.9. The van der Waals surface area contributed by atoms with Crippen molar-refractivity contribution in [3.05, 3.63) is 58.6 Å². The van der Waals surface area contributed by atoms with Crippen molar-refractivity contribution < 1.29 is 13.2 Å². The van der Waals surface area contributed by atoms with Crippen molar-refractivity contribution in [1.29, 1.82) is 0 Å². The zero-order valence-electron chi connectivity index (χ0n) is 16.0. The van der Waals surface area contributed by atoms with Crippen LogP contribution in [0.2, 0.25) is 5.02 Å². The predicted octanol–water partition coefficient (Wildman–Crippen LogP) is 4.26. The first-order valence-electron chi connectivity index (χ1n) is 8.85. The first-order valence-corrected chi connectivity index (χ1v) is 11.1. The summed E-state index contributed by atoms with van der Waals surface area (Å²) in [6, 6.07) is 11.4. The van der Waals surface area contributed by atoms with Gasteiger partial charge in [-0.1, -0.05) is 49.7 Å². The molecular weight excluding hydrogens is 384 g/mol. The molecule has 7 heteroatoms. The molecule has 2 aromatic carbocycles. The number of nitrogens with one attached hydrogen (secondary N) is 1. The third kappa shape index (κ3) is 5.02. The third-order valence-corrected chi connectivity index (χ3v) is 5.87. The van der Waals surface area contributed by atoms with Crippen molar-refractivity contribution in [2.75, 3.05) is 15.9 Å². The normalized spacial score (nSPS) is 12.5. The molecule has 0 heterocycles. The van der Waals surface area contributed by atoms with Crippen molar-refractivity contribution in [1.82, 2.24) is 0 Å². The highest BCUT2D eigenvalue weighted by Gasteiger charge is 2.29. The summed E-state index contributed by atoms with van der Waals surface area (Å²) in [5.41, 5.74) is 3.15. The minimum absolute atomic E-state index is 0.354. The van der Waals surface area contributed by atoms with Gasteiger partial charge in [-0.15, -0.1) is 0 Å². The number of hydrogen-bond acceptors (Lipinski definition) is 3. The van der Waals surface area contributed by atoms with Gasteiger partial charge in [-0.25, -0.2) is 8.42 Å². The highest BCUT2D eigenvalue weighted by molar-refractivity contribution is 7.92. The van der Waals surface area contributed by atoms with E-state index in [2.05, 4.69) is 5.32 Å². The molecular formula is C20H25ClN2O3S. The summed E-state index contributed by atoms with van der Waals surface area (Å²) in [5, 5.41) is 3.34. The van der Waals surface area contributed by atoms with Crippen LogP contribution in [0.3, 0.4) is 0 Å². The van der Waals surface area contributed by atoms with Crippen LogP contribution in [0.1, 0.15) is 31.9 Å². The van der Waals surface area contributed by atoms with E-state index in [1.807, 2.05) is 32.0 Å². The van der Waals surface area contributed by atoms with Gasteiger partial charge in [0.1, 0.15) is 6.04 Å². The number of halogens is 1. The Kier molecular flexibility index (Phi) is 6.89. The molecule has 0 aromatic heterocycles. The Bertz CT molecular complexity index is 906. The van der Waals surface area contributed by atoms with Crippen LogP contribution in [0.15, 0.2) is 42.5 Å². The maximum atomic E-state index is 12.9. The number of aryl methyl sites for hydroxylation is 2. The molecule has 1 amide bonds. The van der Waals surface area contributed by atoms with Gasteiger partial charge in [0.05, 0.1) is 11.9 Å². The fourth-order valence-electron chi connectivity index (χ4n) is 3.05. The van der Waals surface area contributed by atoms with Gasteiger partial charge < -0.3 is 5.32 Å². The zero-order chi connectivity index (χ0) is 20.2. The monoisotopic (exact) mass is 408 g/mol. The highest BCUT2D eigenvalue weighted by atomic mass is 35.5. The second kappa shape index (κ2) is 8.76. The fraction of sp³-hybridized carbons (Fsp3) is 0.350. The molecule has 2 aromatic rings. The number of amides is 1. The second-order valence-electron chi connectivity index (χ2n) is 6.36. The molecule has 0 fully saturated rings. The summed E-state index contributed by atoms with van der Waals surface area (Å²) in [4.78, 5) is 12.9. The minimum Gasteiger partial charge on any atom is -0.324 e. The number of nitrogens with zero attached hydrogens (tertiary/aromatic N) is 1. The minimum atomic E-state index is -3.69. The molecule has 0 aliphatic carbocycles. The van der Waals surface area contributed by atoms with Crippen LogP contribution in [0.5, 0.6) is 0 Å². The summed E-state index contributed by atoms with van der Waals surface area (Å²) in [6.45, 7) is 5.60. The smallest absolute Gasteiger partial charge is 0.248 e. The molecule has 146 valence electrons. The van der Waals surface area contributed by atoms with Crippen LogP contribution in [-0.2, 0) is 27.7 Å². The van der Waals surface area contributed by atoms with Crippen LogP contribution >= 0.6 is 11.6 Å². The first kappa shape index (κ1) is 21.3. The molecule has 27 heavy (non-hydrogen) atoms. The average Bonchev–Trinajstić information content (AvgIpc) is 2.60. The number of carbonyl (C=O) groups excluding carboxylic acids is 1. The summed E-state index contributed by atoms with van der Waals surface area (Å²) < 4.78 is 25.9. The summed E-state index contributed by atoms with van der Waals surface area (Å²) in [6.07, 6.45) is 2.61. The molecule has 0 aliphatic heterocycles. The number of benzene rings is 2. The van der Waals surface area contributed by atoms with E-state index in [4.69, 9.17) is 11.6 Å². The number of para-hydroxylation sites is 1. The van der Waals surface area contributed by atoms with Crippen molar-refractivity contribution in [3.63, 3.8) is 0 Å². The van der Waals surface area contributed by atoms with Crippen LogP contribution in [0.4, 0.5) is 11.4 Å². The molecule has 0 radical (unpaired) electrons. The largest absolute Gasteiger partial charge is 0.324 e. The second-order valence-corrected chi connectivity index (χ2v) is 8.66. The molecule has 5 nitrogen and oxygen atoms in total. The summed E-state index contributed by atoms with van der Waals surface area (Å²) >= 11 is 6.01. The Labute approximate surface area is 166 Å². The van der Waals surface area contributed by atoms with Gasteiger partial charge >= 0.3 is 0 Å². The van der Waals surface area contributed by atoms with Gasteiger partial charge in [0.2, 0.25) is 15.9 Å². The topological polar surface area (TPSA) is 66.5 Å². The molecule has 2 rings (SSSR count). The molecule has 0 saturated heterocycles. The molecule has 0 spiro atoms. The number of carbonyl (C=O) groups is 1. The van der Waals surface area contributed by atoms with Gasteiger partial charge in [-0.3, -0.25) is 9.10 Å². The lowest BCUT2D eigenvalue weighted by Gasteiger charge is -2.29. The SMILES string of the molecule is CCc1cccc(CC)c1NC(=O)C(C)N(c1cccc(Cl)c1)S(C)(=O)=O. The van der Waals surface area contributed by atoms with Gasteiger partial charge in [0, 0.05) is 10.7 Å². The van der Waals surface area contributed by atoms with E-state index in [1.165, 1.54) is 6.07 Å². The van der Waals surface area contributed by atoms with E-state index in [1.54, 1.807) is 25.1 Å². The average molecular weight is 409 g/mol. The van der Waals surface area contributed by atoms with E-state index in [9.17, 15) is 13.2 Å². The predicted molar refractivity (Wildman–Crippen MR) is 112 cm³/mol. The maximum Gasteiger partial charge on any atom is 0.248 e. The Hall–Kier alpha value is -2.05.